The van der Waals surface area contributed by atoms with Gasteiger partial charge in [-0.15, -0.1) is 13.2 Å². The third-order valence-electron chi connectivity index (χ3n) is 6.28. The lowest BCUT2D eigenvalue weighted by Gasteiger charge is -2.27. The van der Waals surface area contributed by atoms with Crippen LogP contribution in [0.2, 0.25) is 0 Å². The van der Waals surface area contributed by atoms with Crippen molar-refractivity contribution >= 4 is 40.2 Å². The lowest BCUT2D eigenvalue weighted by molar-refractivity contribution is -0.275. The van der Waals surface area contributed by atoms with E-state index in [1.807, 2.05) is 0 Å². The minimum Gasteiger partial charge on any atom is -0.403 e. The Balaban J connectivity index is 1.35. The standard InChI is InChI=1S/C23H19F4N5O4/c24-19-13(5-3-7-18(19)36-23(25,26)27)29-20(33)17-9-11-8-16(11)32(17)22(35)30-14-10-31(21(28)34)15-6-2-1-4-12(14)15/h1-7,10-11,16-17H,8-9H2,(H2,28,34)(H,29,33)(H,30,35)/t11-,16-,17+/m1/s1. The Hall–Kier alpha value is -4.29. The van der Waals surface area contributed by atoms with Crippen LogP contribution in [-0.4, -0.2) is 45.9 Å². The zero-order valence-electron chi connectivity index (χ0n) is 18.4. The first kappa shape index (κ1) is 23.5. The van der Waals surface area contributed by atoms with Crippen molar-refractivity contribution in [3.63, 3.8) is 0 Å². The summed E-state index contributed by atoms with van der Waals surface area (Å²) >= 11 is 0. The van der Waals surface area contributed by atoms with E-state index in [1.165, 1.54) is 15.7 Å². The topological polar surface area (TPSA) is 119 Å². The van der Waals surface area contributed by atoms with Crippen LogP contribution in [0.5, 0.6) is 5.75 Å². The Bertz CT molecular complexity index is 1390. The number of fused-ring (bicyclic) bond motifs is 2. The number of hydrogen-bond acceptors (Lipinski definition) is 4. The minimum absolute atomic E-state index is 0.0724. The molecule has 1 aromatic heterocycles. The molecule has 1 aliphatic carbocycles. The molecule has 0 spiro atoms. The molecule has 0 bridgehead atoms. The van der Waals surface area contributed by atoms with E-state index in [1.54, 1.807) is 24.3 Å². The number of ether oxygens (including phenoxy) is 1. The number of benzene rings is 2. The number of carbonyl (C=O) groups is 3. The van der Waals surface area contributed by atoms with Crippen LogP contribution in [0.3, 0.4) is 0 Å². The van der Waals surface area contributed by atoms with Gasteiger partial charge in [0.25, 0.3) is 0 Å². The van der Waals surface area contributed by atoms with Crippen molar-refractivity contribution < 1.29 is 36.7 Å². The maximum absolute atomic E-state index is 14.5. The number of para-hydroxylation sites is 1. The van der Waals surface area contributed by atoms with Crippen LogP contribution in [0.25, 0.3) is 10.9 Å². The van der Waals surface area contributed by atoms with E-state index < -0.39 is 47.6 Å². The molecule has 36 heavy (non-hydrogen) atoms. The van der Waals surface area contributed by atoms with Gasteiger partial charge in [-0.1, -0.05) is 24.3 Å². The SMILES string of the molecule is NC(=O)n1cc(NC(=O)N2[C@@H]3C[C@@H]3C[C@H]2C(=O)Nc2cccc(OC(F)(F)F)c2F)c2ccccc21. The van der Waals surface area contributed by atoms with Crippen LogP contribution in [0.1, 0.15) is 12.8 Å². The first-order chi connectivity index (χ1) is 17.0. The van der Waals surface area contributed by atoms with Gasteiger partial charge < -0.3 is 26.0 Å². The molecule has 1 aliphatic heterocycles. The number of alkyl halides is 3. The van der Waals surface area contributed by atoms with Crippen molar-refractivity contribution in [3.8, 4) is 5.75 Å². The van der Waals surface area contributed by atoms with E-state index in [-0.39, 0.29) is 12.0 Å². The Kier molecular flexibility index (Phi) is 5.49. The summed E-state index contributed by atoms with van der Waals surface area (Å²) in [7, 11) is 0. The fourth-order valence-corrected chi connectivity index (χ4v) is 4.65. The number of piperidine rings is 1. The predicted molar refractivity (Wildman–Crippen MR) is 120 cm³/mol. The Morgan fingerprint density at radius 2 is 1.75 bits per heavy atom. The van der Waals surface area contributed by atoms with Gasteiger partial charge in [0, 0.05) is 17.6 Å². The lowest BCUT2D eigenvalue weighted by Crippen LogP contribution is -2.47. The quantitative estimate of drug-likeness (QED) is 0.460. The number of halogens is 4. The normalized spacial score (nSPS) is 20.7. The highest BCUT2D eigenvalue weighted by atomic mass is 19.4. The molecule has 4 amide bonds. The molecule has 2 aromatic carbocycles. The van der Waals surface area contributed by atoms with Crippen molar-refractivity contribution in [1.29, 1.82) is 0 Å². The highest BCUT2D eigenvalue weighted by Crippen LogP contribution is 2.48. The highest BCUT2D eigenvalue weighted by molar-refractivity contribution is 6.06. The van der Waals surface area contributed by atoms with Crippen molar-refractivity contribution in [3.05, 3.63) is 54.5 Å². The van der Waals surface area contributed by atoms with Gasteiger partial charge in [-0.05, 0) is 37.0 Å². The van der Waals surface area contributed by atoms with Gasteiger partial charge in [-0.25, -0.2) is 14.0 Å². The van der Waals surface area contributed by atoms with E-state index in [2.05, 4.69) is 15.4 Å². The van der Waals surface area contributed by atoms with E-state index >= 15 is 0 Å². The molecular weight excluding hydrogens is 486 g/mol. The molecule has 3 atom stereocenters. The monoisotopic (exact) mass is 505 g/mol. The minimum atomic E-state index is -5.11. The van der Waals surface area contributed by atoms with Gasteiger partial charge in [0.05, 0.1) is 16.9 Å². The molecule has 13 heteroatoms. The number of nitrogens with zero attached hydrogens (tertiary/aromatic N) is 2. The number of carbonyl (C=O) groups excluding carboxylic acids is 3. The molecule has 1 saturated carbocycles. The maximum Gasteiger partial charge on any atom is 0.573 e. The smallest absolute Gasteiger partial charge is 0.403 e. The van der Waals surface area contributed by atoms with Gasteiger partial charge in [-0.2, -0.15) is 0 Å². The van der Waals surface area contributed by atoms with E-state index in [0.29, 0.717) is 29.4 Å². The number of rotatable bonds is 4. The predicted octanol–water partition coefficient (Wildman–Crippen LogP) is 4.24. The van der Waals surface area contributed by atoms with Crippen molar-refractivity contribution in [2.24, 2.45) is 11.7 Å². The van der Waals surface area contributed by atoms with Crippen molar-refractivity contribution in [2.45, 2.75) is 31.3 Å². The zero-order chi connectivity index (χ0) is 25.8. The second-order valence-electron chi connectivity index (χ2n) is 8.57. The van der Waals surface area contributed by atoms with Crippen LogP contribution in [-0.2, 0) is 4.79 Å². The Labute approximate surface area is 200 Å². The summed E-state index contributed by atoms with van der Waals surface area (Å²) in [5.74, 6) is -3.15. The molecule has 3 aromatic rings. The van der Waals surface area contributed by atoms with Crippen molar-refractivity contribution in [2.75, 3.05) is 10.6 Å². The second-order valence-corrected chi connectivity index (χ2v) is 8.57. The maximum atomic E-state index is 14.5. The molecule has 188 valence electrons. The summed E-state index contributed by atoms with van der Waals surface area (Å²) in [5, 5.41) is 5.54. The van der Waals surface area contributed by atoms with E-state index in [0.717, 1.165) is 18.2 Å². The molecule has 9 nitrogen and oxygen atoms in total. The number of anilines is 2. The summed E-state index contributed by atoms with van der Waals surface area (Å²) in [6.45, 7) is 0. The molecule has 1 saturated heterocycles. The largest absolute Gasteiger partial charge is 0.573 e. The van der Waals surface area contributed by atoms with Crippen LogP contribution in [0.4, 0.5) is 38.5 Å². The van der Waals surface area contributed by atoms with Gasteiger partial charge in [0.2, 0.25) is 5.91 Å². The second kappa shape index (κ2) is 8.43. The number of primary amides is 1. The molecule has 2 heterocycles. The zero-order valence-corrected chi connectivity index (χ0v) is 18.4. The summed E-state index contributed by atoms with van der Waals surface area (Å²) in [5.41, 5.74) is 5.69. The third kappa shape index (κ3) is 4.27. The number of likely N-dealkylation sites (tertiary alicyclic amines) is 1. The molecule has 2 aliphatic rings. The summed E-state index contributed by atoms with van der Waals surface area (Å²) in [6.07, 6.45) is -2.73. The fraction of sp³-hybridized carbons (Fsp3) is 0.261. The number of amides is 4. The van der Waals surface area contributed by atoms with E-state index in [4.69, 9.17) is 5.73 Å². The summed E-state index contributed by atoms with van der Waals surface area (Å²) < 4.78 is 56.9. The summed E-state index contributed by atoms with van der Waals surface area (Å²) in [6, 6.07) is 7.20. The Morgan fingerprint density at radius 3 is 2.47 bits per heavy atom. The average molecular weight is 505 g/mol. The van der Waals surface area contributed by atoms with Crippen LogP contribution < -0.4 is 21.1 Å². The van der Waals surface area contributed by atoms with Gasteiger partial charge in [-0.3, -0.25) is 9.36 Å². The van der Waals surface area contributed by atoms with Crippen molar-refractivity contribution in [1.82, 2.24) is 9.47 Å². The molecular formula is C23H19F4N5O4. The van der Waals surface area contributed by atoms with Crippen LogP contribution in [0, 0.1) is 11.7 Å². The number of nitrogens with one attached hydrogen (secondary N) is 2. The number of urea groups is 1. The Morgan fingerprint density at radius 1 is 1.00 bits per heavy atom. The number of nitrogens with two attached hydrogens (primary N) is 1. The van der Waals surface area contributed by atoms with Gasteiger partial charge in [0.1, 0.15) is 6.04 Å². The van der Waals surface area contributed by atoms with Crippen LogP contribution in [0.15, 0.2) is 48.7 Å². The fourth-order valence-electron chi connectivity index (χ4n) is 4.65. The van der Waals surface area contributed by atoms with Gasteiger partial charge >= 0.3 is 18.4 Å². The van der Waals surface area contributed by atoms with Gasteiger partial charge in [0.15, 0.2) is 11.6 Å². The molecule has 5 rings (SSSR count). The van der Waals surface area contributed by atoms with E-state index in [9.17, 15) is 31.9 Å². The lowest BCUT2D eigenvalue weighted by atomic mass is 10.1. The first-order valence-electron chi connectivity index (χ1n) is 10.9. The number of hydrogen-bond donors (Lipinski definition) is 3. The molecule has 4 N–H and O–H groups in total. The first-order valence-corrected chi connectivity index (χ1v) is 10.9. The highest BCUT2D eigenvalue weighted by Gasteiger charge is 2.56. The summed E-state index contributed by atoms with van der Waals surface area (Å²) in [4.78, 5) is 39.3. The average Bonchev–Trinajstić information content (AvgIpc) is 3.31. The third-order valence-corrected chi connectivity index (χ3v) is 6.28. The van der Waals surface area contributed by atoms with Crippen LogP contribution >= 0.6 is 0 Å². The molecule has 2 fully saturated rings. The number of aromatic nitrogens is 1. The molecule has 0 radical (unpaired) electrons. The molecule has 0 unspecified atom stereocenters.